The molecule has 1 aliphatic heterocycles. The van der Waals surface area contributed by atoms with Crippen molar-refractivity contribution in [2.24, 2.45) is 11.1 Å². The second kappa shape index (κ2) is 4.36. The highest BCUT2D eigenvalue weighted by Crippen LogP contribution is 2.25. The van der Waals surface area contributed by atoms with E-state index in [0.29, 0.717) is 4.99 Å². The summed E-state index contributed by atoms with van der Waals surface area (Å²) in [6.07, 6.45) is 1.82. The minimum Gasteiger partial charge on any atom is -0.393 e. The summed E-state index contributed by atoms with van der Waals surface area (Å²) in [6.45, 7) is 8.74. The zero-order valence-electron chi connectivity index (χ0n) is 9.92. The zero-order valence-corrected chi connectivity index (χ0v) is 10.7. The number of β-amino-alcohol motifs (C(OH)–C–C–N with tert-alkyl or cyclic N) is 1. The Morgan fingerprint density at radius 2 is 2.20 bits per heavy atom. The van der Waals surface area contributed by atoms with Gasteiger partial charge in [0.1, 0.15) is 0 Å². The summed E-state index contributed by atoms with van der Waals surface area (Å²) < 4.78 is 0. The molecule has 3 N–H and O–H groups in total. The predicted molar refractivity (Wildman–Crippen MR) is 66.9 cm³/mol. The Hall–Kier alpha value is -0.190. The first-order valence-electron chi connectivity index (χ1n) is 5.48. The molecule has 4 heteroatoms. The lowest BCUT2D eigenvalue weighted by atomic mass is 9.89. The van der Waals surface area contributed by atoms with Crippen LogP contribution in [0.2, 0.25) is 0 Å². The van der Waals surface area contributed by atoms with Gasteiger partial charge in [-0.3, -0.25) is 0 Å². The summed E-state index contributed by atoms with van der Waals surface area (Å²) in [6, 6.07) is 0. The Bertz CT molecular complexity index is 251. The van der Waals surface area contributed by atoms with Crippen LogP contribution in [0, 0.1) is 5.41 Å². The van der Waals surface area contributed by atoms with Crippen molar-refractivity contribution in [1.82, 2.24) is 4.90 Å². The molecule has 0 bridgehead atoms. The average Bonchev–Trinajstić information content (AvgIpc) is 2.42. The molecule has 0 aromatic rings. The number of aliphatic hydroxyl groups is 1. The van der Waals surface area contributed by atoms with Crippen molar-refractivity contribution < 1.29 is 5.11 Å². The molecule has 88 valence electrons. The van der Waals surface area contributed by atoms with Crippen LogP contribution in [0.3, 0.4) is 0 Å². The Morgan fingerprint density at radius 1 is 1.60 bits per heavy atom. The molecule has 0 amide bonds. The lowest BCUT2D eigenvalue weighted by molar-refractivity contribution is 0.0678. The molecule has 0 saturated carbocycles. The largest absolute Gasteiger partial charge is 0.393 e. The van der Waals surface area contributed by atoms with Crippen LogP contribution in [0.25, 0.3) is 0 Å². The van der Waals surface area contributed by atoms with Crippen LogP contribution in [-0.4, -0.2) is 40.2 Å². The third-order valence-electron chi connectivity index (χ3n) is 3.25. The highest BCUT2D eigenvalue weighted by Gasteiger charge is 2.32. The number of likely N-dealkylation sites (tertiary alicyclic amines) is 1. The van der Waals surface area contributed by atoms with E-state index in [-0.39, 0.29) is 5.41 Å². The smallest absolute Gasteiger partial charge is 0.0784 e. The quantitative estimate of drug-likeness (QED) is 0.711. The minimum absolute atomic E-state index is 0.0796. The maximum atomic E-state index is 9.81. The minimum atomic E-state index is -0.507. The second-order valence-electron chi connectivity index (χ2n) is 5.52. The molecule has 0 aromatic heterocycles. The predicted octanol–water partition coefficient (Wildman–Crippen LogP) is 1.15. The number of rotatable bonds is 4. The average molecular weight is 230 g/mol. The molecular weight excluding hydrogens is 208 g/mol. The maximum absolute atomic E-state index is 9.81. The third-order valence-corrected chi connectivity index (χ3v) is 3.80. The van der Waals surface area contributed by atoms with E-state index in [1.807, 2.05) is 6.92 Å². The standard InChI is InChI=1S/C11H22N2OS/c1-10(2,9(12)15)4-6-13-7-5-11(3,14)8-13/h14H,4-8H2,1-3H3,(H2,12,15). The van der Waals surface area contributed by atoms with E-state index < -0.39 is 5.60 Å². The fourth-order valence-electron chi connectivity index (χ4n) is 1.79. The van der Waals surface area contributed by atoms with Crippen molar-refractivity contribution in [2.75, 3.05) is 19.6 Å². The van der Waals surface area contributed by atoms with E-state index >= 15 is 0 Å². The summed E-state index contributed by atoms with van der Waals surface area (Å²) >= 11 is 5.03. The Morgan fingerprint density at radius 3 is 2.60 bits per heavy atom. The van der Waals surface area contributed by atoms with E-state index in [9.17, 15) is 5.11 Å². The number of thiocarbonyl (C=S) groups is 1. The lowest BCUT2D eigenvalue weighted by Crippen LogP contribution is -2.36. The maximum Gasteiger partial charge on any atom is 0.0784 e. The van der Waals surface area contributed by atoms with E-state index in [1.54, 1.807) is 0 Å². The van der Waals surface area contributed by atoms with Gasteiger partial charge in [-0.25, -0.2) is 0 Å². The van der Waals surface area contributed by atoms with Crippen molar-refractivity contribution in [2.45, 2.75) is 39.2 Å². The molecule has 1 atom stereocenters. The number of hydrogen-bond acceptors (Lipinski definition) is 3. The third kappa shape index (κ3) is 3.70. The van der Waals surface area contributed by atoms with Crippen LogP contribution in [0.15, 0.2) is 0 Å². The molecule has 15 heavy (non-hydrogen) atoms. The molecule has 0 aromatic carbocycles. The molecule has 1 aliphatic rings. The summed E-state index contributed by atoms with van der Waals surface area (Å²) in [7, 11) is 0. The van der Waals surface area contributed by atoms with Crippen LogP contribution in [0.5, 0.6) is 0 Å². The van der Waals surface area contributed by atoms with E-state index in [2.05, 4.69) is 18.7 Å². The normalized spacial score (nSPS) is 28.3. The van der Waals surface area contributed by atoms with Crippen LogP contribution in [-0.2, 0) is 0 Å². The SMILES string of the molecule is CC1(O)CCN(CCC(C)(C)C(N)=S)C1. The summed E-state index contributed by atoms with van der Waals surface area (Å²) in [5, 5.41) is 9.81. The van der Waals surface area contributed by atoms with Gasteiger partial charge >= 0.3 is 0 Å². The highest BCUT2D eigenvalue weighted by molar-refractivity contribution is 7.80. The second-order valence-corrected chi connectivity index (χ2v) is 5.96. The van der Waals surface area contributed by atoms with Gasteiger partial charge in [0.25, 0.3) is 0 Å². The molecule has 1 saturated heterocycles. The van der Waals surface area contributed by atoms with Gasteiger partial charge in [-0.2, -0.15) is 0 Å². The molecular formula is C11H22N2OS. The van der Waals surface area contributed by atoms with Crippen LogP contribution >= 0.6 is 12.2 Å². The fourth-order valence-corrected chi connectivity index (χ4v) is 1.89. The number of nitrogens with zero attached hydrogens (tertiary/aromatic N) is 1. The molecule has 0 radical (unpaired) electrons. The molecule has 3 nitrogen and oxygen atoms in total. The van der Waals surface area contributed by atoms with Gasteiger partial charge in [0, 0.05) is 18.5 Å². The fraction of sp³-hybridized carbons (Fsp3) is 0.909. The lowest BCUT2D eigenvalue weighted by Gasteiger charge is -2.26. The van der Waals surface area contributed by atoms with E-state index in [0.717, 1.165) is 32.5 Å². The highest BCUT2D eigenvalue weighted by atomic mass is 32.1. The first-order valence-corrected chi connectivity index (χ1v) is 5.88. The Kier molecular flexibility index (Phi) is 3.74. The van der Waals surface area contributed by atoms with Crippen molar-refractivity contribution in [3.05, 3.63) is 0 Å². The van der Waals surface area contributed by atoms with Crippen LogP contribution < -0.4 is 5.73 Å². The molecule has 0 spiro atoms. The monoisotopic (exact) mass is 230 g/mol. The first kappa shape index (κ1) is 12.9. The summed E-state index contributed by atoms with van der Waals surface area (Å²) in [5.41, 5.74) is 5.09. The summed E-state index contributed by atoms with van der Waals surface area (Å²) in [5.74, 6) is 0. The van der Waals surface area contributed by atoms with Gasteiger partial charge in [-0.1, -0.05) is 26.1 Å². The topological polar surface area (TPSA) is 49.5 Å². The van der Waals surface area contributed by atoms with Gasteiger partial charge < -0.3 is 15.7 Å². The molecule has 1 heterocycles. The molecule has 1 fully saturated rings. The van der Waals surface area contributed by atoms with Crippen molar-refractivity contribution in [1.29, 1.82) is 0 Å². The van der Waals surface area contributed by atoms with Crippen molar-refractivity contribution in [3.63, 3.8) is 0 Å². The molecule has 1 unspecified atom stereocenters. The van der Waals surface area contributed by atoms with Crippen molar-refractivity contribution >= 4 is 17.2 Å². The van der Waals surface area contributed by atoms with E-state index in [1.165, 1.54) is 0 Å². The van der Waals surface area contributed by atoms with Gasteiger partial charge in [-0.15, -0.1) is 0 Å². The first-order chi connectivity index (χ1) is 6.73. The van der Waals surface area contributed by atoms with Crippen LogP contribution in [0.1, 0.15) is 33.6 Å². The van der Waals surface area contributed by atoms with Gasteiger partial charge in [-0.05, 0) is 26.3 Å². The van der Waals surface area contributed by atoms with Crippen LogP contribution in [0.4, 0.5) is 0 Å². The van der Waals surface area contributed by atoms with Crippen molar-refractivity contribution in [3.8, 4) is 0 Å². The zero-order chi connectivity index (χ0) is 11.7. The Labute approximate surface area is 97.6 Å². The molecule has 0 aliphatic carbocycles. The number of nitrogens with two attached hydrogens (primary N) is 1. The molecule has 1 rings (SSSR count). The van der Waals surface area contributed by atoms with E-state index in [4.69, 9.17) is 18.0 Å². The van der Waals surface area contributed by atoms with Gasteiger partial charge in [0.05, 0.1) is 10.6 Å². The van der Waals surface area contributed by atoms with Gasteiger partial charge in [0.15, 0.2) is 0 Å². The summed E-state index contributed by atoms with van der Waals surface area (Å²) in [4.78, 5) is 2.86. The number of hydrogen-bond donors (Lipinski definition) is 2. The Balaban J connectivity index is 2.36. The van der Waals surface area contributed by atoms with Gasteiger partial charge in [0.2, 0.25) is 0 Å².